The fourth-order valence-corrected chi connectivity index (χ4v) is 3.84. The molecule has 1 aliphatic carbocycles. The number of hydrogen-bond donors (Lipinski definition) is 3. The number of amides is 1. The summed E-state index contributed by atoms with van der Waals surface area (Å²) in [5.41, 5.74) is 0.449. The van der Waals surface area contributed by atoms with Crippen molar-refractivity contribution in [1.29, 1.82) is 0 Å². The van der Waals surface area contributed by atoms with Crippen molar-refractivity contribution >= 4 is 21.6 Å². The average Bonchev–Trinajstić information content (AvgIpc) is 3.19. The lowest BCUT2D eigenvalue weighted by molar-refractivity contribution is 0.0934. The topological polar surface area (TPSA) is 104 Å². The minimum absolute atomic E-state index is 0.0281. The Morgan fingerprint density at radius 3 is 2.57 bits per heavy atom. The van der Waals surface area contributed by atoms with Gasteiger partial charge in [0.05, 0.1) is 11.8 Å². The van der Waals surface area contributed by atoms with Gasteiger partial charge in [-0.3, -0.25) is 14.6 Å². The first kappa shape index (κ1) is 15.5. The molecule has 0 saturated heterocycles. The van der Waals surface area contributed by atoms with Crippen LogP contribution in [0.2, 0.25) is 0 Å². The maximum Gasteiger partial charge on any atom is 0.279 e. The van der Waals surface area contributed by atoms with E-state index in [1.54, 1.807) is 30.3 Å². The number of sulfonamides is 1. The van der Waals surface area contributed by atoms with E-state index in [2.05, 4.69) is 20.2 Å². The lowest BCUT2D eigenvalue weighted by Crippen LogP contribution is -2.33. The first-order valence-electron chi connectivity index (χ1n) is 7.48. The summed E-state index contributed by atoms with van der Waals surface area (Å²) >= 11 is 0. The van der Waals surface area contributed by atoms with Crippen molar-refractivity contribution in [2.45, 2.75) is 36.8 Å². The Morgan fingerprint density at radius 2 is 1.87 bits per heavy atom. The number of carbonyl (C=O) groups is 1. The molecule has 122 valence electrons. The Balaban J connectivity index is 1.80. The molecule has 0 aliphatic heterocycles. The largest absolute Gasteiger partial charge is 0.349 e. The van der Waals surface area contributed by atoms with Gasteiger partial charge in [-0.15, -0.1) is 0 Å². The molecular formula is C15H18N4O3S. The summed E-state index contributed by atoms with van der Waals surface area (Å²) in [6.45, 7) is 0. The highest BCUT2D eigenvalue weighted by molar-refractivity contribution is 7.92. The molecule has 23 heavy (non-hydrogen) atoms. The number of anilines is 1. The fraction of sp³-hybridized carbons (Fsp3) is 0.333. The van der Waals surface area contributed by atoms with E-state index in [-0.39, 0.29) is 16.6 Å². The van der Waals surface area contributed by atoms with Gasteiger partial charge >= 0.3 is 0 Å². The number of H-pyrrole nitrogens is 1. The van der Waals surface area contributed by atoms with Crippen molar-refractivity contribution < 1.29 is 13.2 Å². The molecule has 1 amide bonds. The Kier molecular flexibility index (Phi) is 4.33. The molecular weight excluding hydrogens is 316 g/mol. The first-order valence-corrected chi connectivity index (χ1v) is 8.97. The van der Waals surface area contributed by atoms with Crippen LogP contribution in [0.3, 0.4) is 0 Å². The molecule has 1 fully saturated rings. The van der Waals surface area contributed by atoms with Crippen LogP contribution in [-0.4, -0.2) is 30.6 Å². The Bertz CT molecular complexity index is 780. The van der Waals surface area contributed by atoms with E-state index in [1.807, 2.05) is 0 Å². The van der Waals surface area contributed by atoms with Crippen LogP contribution in [0.1, 0.15) is 36.0 Å². The molecule has 0 spiro atoms. The Morgan fingerprint density at radius 1 is 1.17 bits per heavy atom. The summed E-state index contributed by atoms with van der Waals surface area (Å²) in [6.07, 6.45) is 5.25. The van der Waals surface area contributed by atoms with Crippen LogP contribution in [0.15, 0.2) is 41.6 Å². The van der Waals surface area contributed by atoms with Crippen LogP contribution in [0.4, 0.5) is 5.69 Å². The molecule has 1 aromatic carbocycles. The predicted octanol–water partition coefficient (Wildman–Crippen LogP) is 1.88. The maximum atomic E-state index is 12.5. The smallest absolute Gasteiger partial charge is 0.279 e. The number of aromatic amines is 1. The Hall–Kier alpha value is -2.35. The summed E-state index contributed by atoms with van der Waals surface area (Å²) < 4.78 is 27.4. The SMILES string of the molecule is O=C(NC1CCCC1)c1cn[nH]c1S(=O)(=O)Nc1ccccc1. The fourth-order valence-electron chi connectivity index (χ4n) is 2.69. The van der Waals surface area contributed by atoms with Crippen LogP contribution >= 0.6 is 0 Å². The van der Waals surface area contributed by atoms with E-state index in [0.29, 0.717) is 5.69 Å². The third kappa shape index (κ3) is 3.53. The number of benzene rings is 1. The lowest BCUT2D eigenvalue weighted by atomic mass is 10.2. The molecule has 2 aromatic rings. The monoisotopic (exact) mass is 334 g/mol. The van der Waals surface area contributed by atoms with Gasteiger partial charge in [0, 0.05) is 11.7 Å². The van der Waals surface area contributed by atoms with Crippen LogP contribution in [0.5, 0.6) is 0 Å². The predicted molar refractivity (Wildman–Crippen MR) is 85.6 cm³/mol. The summed E-state index contributed by atoms with van der Waals surface area (Å²) in [6, 6.07) is 8.60. The van der Waals surface area contributed by atoms with E-state index in [0.717, 1.165) is 25.7 Å². The average molecular weight is 334 g/mol. The van der Waals surface area contributed by atoms with E-state index < -0.39 is 15.9 Å². The zero-order valence-electron chi connectivity index (χ0n) is 12.5. The van der Waals surface area contributed by atoms with Crippen molar-refractivity contribution in [3.05, 3.63) is 42.1 Å². The number of aromatic nitrogens is 2. The molecule has 1 aromatic heterocycles. The van der Waals surface area contributed by atoms with E-state index in [1.165, 1.54) is 6.20 Å². The van der Waals surface area contributed by atoms with Gasteiger partial charge in [-0.1, -0.05) is 31.0 Å². The van der Waals surface area contributed by atoms with Crippen molar-refractivity contribution in [1.82, 2.24) is 15.5 Å². The highest BCUT2D eigenvalue weighted by Crippen LogP contribution is 2.20. The van der Waals surface area contributed by atoms with Crippen molar-refractivity contribution in [2.24, 2.45) is 0 Å². The second-order valence-corrected chi connectivity index (χ2v) is 7.16. The van der Waals surface area contributed by atoms with Crippen LogP contribution < -0.4 is 10.0 Å². The molecule has 7 nitrogen and oxygen atoms in total. The standard InChI is InChI=1S/C15H18N4O3S/c20-14(17-11-6-4-5-7-11)13-10-16-18-15(13)23(21,22)19-12-8-2-1-3-9-12/h1-3,8-11,19H,4-7H2,(H,16,18)(H,17,20). The number of para-hydroxylation sites is 1. The maximum absolute atomic E-state index is 12.5. The van der Waals surface area contributed by atoms with Crippen molar-refractivity contribution in [3.63, 3.8) is 0 Å². The highest BCUT2D eigenvalue weighted by atomic mass is 32.2. The molecule has 0 radical (unpaired) electrons. The van der Waals surface area contributed by atoms with Gasteiger partial charge in [-0.05, 0) is 25.0 Å². The number of carbonyl (C=O) groups excluding carboxylic acids is 1. The summed E-state index contributed by atoms with van der Waals surface area (Å²) in [4.78, 5) is 12.3. The number of nitrogens with one attached hydrogen (secondary N) is 3. The van der Waals surface area contributed by atoms with Gasteiger partial charge < -0.3 is 5.32 Å². The highest BCUT2D eigenvalue weighted by Gasteiger charge is 2.27. The third-order valence-electron chi connectivity index (χ3n) is 3.83. The van der Waals surface area contributed by atoms with Crippen molar-refractivity contribution in [2.75, 3.05) is 4.72 Å². The zero-order chi connectivity index (χ0) is 16.3. The van der Waals surface area contributed by atoms with Gasteiger partial charge in [0.25, 0.3) is 15.9 Å². The second-order valence-electron chi connectivity index (χ2n) is 5.54. The molecule has 1 saturated carbocycles. The van der Waals surface area contributed by atoms with Gasteiger partial charge in [0.1, 0.15) is 0 Å². The molecule has 3 rings (SSSR count). The molecule has 0 bridgehead atoms. The third-order valence-corrected chi connectivity index (χ3v) is 5.19. The number of nitrogens with zero attached hydrogens (tertiary/aromatic N) is 1. The lowest BCUT2D eigenvalue weighted by Gasteiger charge is -2.12. The second kappa shape index (κ2) is 6.41. The number of hydrogen-bond acceptors (Lipinski definition) is 4. The Labute approximate surface area is 134 Å². The van der Waals surface area contributed by atoms with Crippen molar-refractivity contribution in [3.8, 4) is 0 Å². The van der Waals surface area contributed by atoms with Gasteiger partial charge in [-0.25, -0.2) is 0 Å². The summed E-state index contributed by atoms with van der Waals surface area (Å²) in [5.74, 6) is -0.418. The minimum Gasteiger partial charge on any atom is -0.349 e. The minimum atomic E-state index is -3.91. The van der Waals surface area contributed by atoms with Crippen LogP contribution in [-0.2, 0) is 10.0 Å². The van der Waals surface area contributed by atoms with Crippen LogP contribution in [0.25, 0.3) is 0 Å². The summed E-state index contributed by atoms with van der Waals surface area (Å²) in [7, 11) is -3.91. The molecule has 3 N–H and O–H groups in total. The molecule has 1 heterocycles. The molecule has 0 unspecified atom stereocenters. The van der Waals surface area contributed by atoms with Crippen LogP contribution in [0, 0.1) is 0 Å². The number of rotatable bonds is 5. The summed E-state index contributed by atoms with van der Waals surface area (Å²) in [5, 5.41) is 8.77. The van der Waals surface area contributed by atoms with E-state index >= 15 is 0 Å². The normalized spacial score (nSPS) is 15.5. The van der Waals surface area contributed by atoms with E-state index in [9.17, 15) is 13.2 Å². The first-order chi connectivity index (χ1) is 11.1. The molecule has 8 heteroatoms. The van der Waals surface area contributed by atoms with Gasteiger partial charge in [-0.2, -0.15) is 13.5 Å². The van der Waals surface area contributed by atoms with Gasteiger partial charge in [0.2, 0.25) is 0 Å². The van der Waals surface area contributed by atoms with Gasteiger partial charge in [0.15, 0.2) is 5.03 Å². The zero-order valence-corrected chi connectivity index (χ0v) is 13.3. The molecule has 0 atom stereocenters. The quantitative estimate of drug-likeness (QED) is 0.776. The van der Waals surface area contributed by atoms with E-state index in [4.69, 9.17) is 0 Å². The molecule has 1 aliphatic rings.